The summed E-state index contributed by atoms with van der Waals surface area (Å²) in [7, 11) is 1.36. The van der Waals surface area contributed by atoms with Gasteiger partial charge in [-0.15, -0.1) is 0 Å². The van der Waals surface area contributed by atoms with E-state index in [9.17, 15) is 4.79 Å². The van der Waals surface area contributed by atoms with Gasteiger partial charge >= 0.3 is 5.97 Å². The van der Waals surface area contributed by atoms with E-state index in [1.807, 2.05) is 37.3 Å². The van der Waals surface area contributed by atoms with Gasteiger partial charge in [0.25, 0.3) is 0 Å². The van der Waals surface area contributed by atoms with Crippen LogP contribution >= 0.6 is 0 Å². The van der Waals surface area contributed by atoms with Crippen LogP contribution in [-0.4, -0.2) is 28.3 Å². The zero-order valence-corrected chi connectivity index (χ0v) is 12.3. The van der Waals surface area contributed by atoms with Crippen molar-refractivity contribution in [2.45, 2.75) is 6.92 Å². The normalized spacial score (nSPS) is 10.5. The summed E-state index contributed by atoms with van der Waals surface area (Å²) in [5, 5.41) is 7.39. The van der Waals surface area contributed by atoms with Crippen molar-refractivity contribution in [1.29, 1.82) is 0 Å². The predicted molar refractivity (Wildman–Crippen MR) is 83.3 cm³/mol. The van der Waals surface area contributed by atoms with Crippen LogP contribution in [0.5, 0.6) is 0 Å². The molecule has 2 heterocycles. The molecule has 0 atom stereocenters. The van der Waals surface area contributed by atoms with E-state index < -0.39 is 5.97 Å². The number of benzene rings is 1. The van der Waals surface area contributed by atoms with Crippen LogP contribution in [0.3, 0.4) is 0 Å². The summed E-state index contributed by atoms with van der Waals surface area (Å²) in [5.41, 5.74) is 4.73. The van der Waals surface area contributed by atoms with Crippen LogP contribution < -0.4 is 0 Å². The second kappa shape index (κ2) is 5.81. The van der Waals surface area contributed by atoms with E-state index in [1.165, 1.54) is 13.3 Å². The Morgan fingerprint density at radius 3 is 2.68 bits per heavy atom. The van der Waals surface area contributed by atoms with Gasteiger partial charge in [0.05, 0.1) is 12.7 Å². The highest BCUT2D eigenvalue weighted by molar-refractivity contribution is 5.99. The molecule has 0 saturated heterocycles. The Balaban J connectivity index is 2.23. The largest absolute Gasteiger partial charge is 0.465 e. The number of aromatic amines is 1. The summed E-state index contributed by atoms with van der Waals surface area (Å²) >= 11 is 0. The number of nitrogens with zero attached hydrogens (tertiary/aromatic N) is 2. The van der Waals surface area contributed by atoms with Gasteiger partial charge in [-0.3, -0.25) is 10.1 Å². The van der Waals surface area contributed by atoms with Crippen LogP contribution in [0.1, 0.15) is 16.1 Å². The minimum atomic E-state index is -0.414. The molecule has 0 unspecified atom stereocenters. The monoisotopic (exact) mass is 293 g/mol. The number of nitrogens with one attached hydrogen (secondary N) is 1. The molecule has 0 aliphatic heterocycles. The second-order valence-corrected chi connectivity index (χ2v) is 4.85. The van der Waals surface area contributed by atoms with Crippen molar-refractivity contribution >= 4 is 5.97 Å². The number of aryl methyl sites for hydroxylation is 1. The number of methoxy groups -OCH3 is 1. The zero-order chi connectivity index (χ0) is 15.5. The molecule has 22 heavy (non-hydrogen) atoms. The Kier molecular flexibility index (Phi) is 3.70. The van der Waals surface area contributed by atoms with E-state index in [-0.39, 0.29) is 0 Å². The Morgan fingerprint density at radius 2 is 1.95 bits per heavy atom. The van der Waals surface area contributed by atoms with Crippen molar-refractivity contribution < 1.29 is 9.53 Å². The van der Waals surface area contributed by atoms with Crippen LogP contribution in [0.15, 0.2) is 48.8 Å². The molecule has 110 valence electrons. The third-order valence-electron chi connectivity index (χ3n) is 3.49. The summed E-state index contributed by atoms with van der Waals surface area (Å²) in [5.74, 6) is -0.414. The molecule has 5 heteroatoms. The van der Waals surface area contributed by atoms with E-state index in [0.29, 0.717) is 5.56 Å². The number of ether oxygens (including phenoxy) is 1. The molecule has 2 aromatic heterocycles. The highest BCUT2D eigenvalue weighted by Gasteiger charge is 2.20. The maximum Gasteiger partial charge on any atom is 0.340 e. The first kappa shape index (κ1) is 14.0. The van der Waals surface area contributed by atoms with Gasteiger partial charge in [-0.2, -0.15) is 5.10 Å². The predicted octanol–water partition coefficient (Wildman–Crippen LogP) is 3.23. The maximum atomic E-state index is 12.0. The minimum absolute atomic E-state index is 0.414. The van der Waals surface area contributed by atoms with Gasteiger partial charge in [-0.05, 0) is 13.0 Å². The molecule has 1 N–H and O–H groups in total. The second-order valence-electron chi connectivity index (χ2n) is 4.85. The van der Waals surface area contributed by atoms with Gasteiger partial charge in [-0.1, -0.05) is 30.3 Å². The van der Waals surface area contributed by atoms with Crippen molar-refractivity contribution in [3.8, 4) is 22.4 Å². The minimum Gasteiger partial charge on any atom is -0.465 e. The third kappa shape index (κ3) is 2.37. The number of carbonyl (C=O) groups is 1. The van der Waals surface area contributed by atoms with Gasteiger partial charge in [0.1, 0.15) is 5.69 Å². The van der Waals surface area contributed by atoms with Crippen molar-refractivity contribution in [2.24, 2.45) is 0 Å². The average Bonchev–Trinajstić information content (AvgIpc) is 2.96. The number of hydrogen-bond acceptors (Lipinski definition) is 4. The first-order valence-electron chi connectivity index (χ1n) is 6.85. The lowest BCUT2D eigenvalue weighted by Gasteiger charge is -2.09. The quantitative estimate of drug-likeness (QED) is 0.753. The highest BCUT2D eigenvalue weighted by Crippen LogP contribution is 2.34. The molecule has 0 bridgehead atoms. The molecule has 0 aliphatic carbocycles. The molecule has 1 aromatic carbocycles. The number of aromatic nitrogens is 3. The Bertz CT molecular complexity index is 810. The number of rotatable bonds is 3. The SMILES string of the molecule is COC(=O)c1cnccc1-c1c(-c2ccccc2)n[nH]c1C. The van der Waals surface area contributed by atoms with Gasteiger partial charge in [0, 0.05) is 34.8 Å². The Hall–Kier alpha value is -2.95. The Morgan fingerprint density at radius 1 is 1.18 bits per heavy atom. The van der Waals surface area contributed by atoms with Crippen LogP contribution in [0.25, 0.3) is 22.4 Å². The lowest BCUT2D eigenvalue weighted by molar-refractivity contribution is 0.0601. The highest BCUT2D eigenvalue weighted by atomic mass is 16.5. The fourth-order valence-corrected chi connectivity index (χ4v) is 2.45. The molecule has 0 saturated carbocycles. The standard InChI is InChI=1S/C17H15N3O2/c1-11-15(13-8-9-18-10-14(13)17(21)22-2)16(20-19-11)12-6-4-3-5-7-12/h3-10H,1-2H3,(H,19,20). The summed E-state index contributed by atoms with van der Waals surface area (Å²) in [6.45, 7) is 1.93. The van der Waals surface area contributed by atoms with Crippen LogP contribution in [0.2, 0.25) is 0 Å². The summed E-state index contributed by atoms with van der Waals surface area (Å²) in [6.07, 6.45) is 3.17. The molecule has 0 amide bonds. The van der Waals surface area contributed by atoms with Gasteiger partial charge in [0.2, 0.25) is 0 Å². The number of hydrogen-bond donors (Lipinski definition) is 1. The smallest absolute Gasteiger partial charge is 0.340 e. The third-order valence-corrected chi connectivity index (χ3v) is 3.49. The van der Waals surface area contributed by atoms with Gasteiger partial charge in [-0.25, -0.2) is 4.79 Å². The van der Waals surface area contributed by atoms with Crippen molar-refractivity contribution in [2.75, 3.05) is 7.11 Å². The summed E-state index contributed by atoms with van der Waals surface area (Å²) < 4.78 is 4.85. The van der Waals surface area contributed by atoms with E-state index >= 15 is 0 Å². The number of pyridine rings is 1. The van der Waals surface area contributed by atoms with Crippen molar-refractivity contribution in [3.05, 3.63) is 60.0 Å². The van der Waals surface area contributed by atoms with Crippen LogP contribution in [-0.2, 0) is 4.74 Å². The Labute approximate surface area is 128 Å². The lowest BCUT2D eigenvalue weighted by atomic mass is 9.96. The van der Waals surface area contributed by atoms with Crippen molar-refractivity contribution in [1.82, 2.24) is 15.2 Å². The van der Waals surface area contributed by atoms with Crippen molar-refractivity contribution in [3.63, 3.8) is 0 Å². The van der Waals surface area contributed by atoms with E-state index in [0.717, 1.165) is 28.1 Å². The fourth-order valence-electron chi connectivity index (χ4n) is 2.45. The van der Waals surface area contributed by atoms with Gasteiger partial charge < -0.3 is 4.74 Å². The van der Waals surface area contributed by atoms with Crippen LogP contribution in [0.4, 0.5) is 0 Å². The van der Waals surface area contributed by atoms with Gasteiger partial charge in [0.15, 0.2) is 0 Å². The van der Waals surface area contributed by atoms with E-state index in [1.54, 1.807) is 12.3 Å². The molecule has 3 rings (SSSR count). The molecule has 5 nitrogen and oxygen atoms in total. The maximum absolute atomic E-state index is 12.0. The number of H-pyrrole nitrogens is 1. The topological polar surface area (TPSA) is 67.9 Å². The van der Waals surface area contributed by atoms with E-state index in [2.05, 4.69) is 15.2 Å². The molecular formula is C17H15N3O2. The summed E-state index contributed by atoms with van der Waals surface area (Å²) in [4.78, 5) is 16.0. The van der Waals surface area contributed by atoms with E-state index in [4.69, 9.17) is 4.74 Å². The number of carbonyl (C=O) groups excluding carboxylic acids is 1. The molecule has 0 spiro atoms. The fraction of sp³-hybridized carbons (Fsp3) is 0.118. The average molecular weight is 293 g/mol. The first-order chi connectivity index (χ1) is 10.7. The molecule has 3 aromatic rings. The first-order valence-corrected chi connectivity index (χ1v) is 6.85. The zero-order valence-electron chi connectivity index (χ0n) is 12.3. The molecule has 0 aliphatic rings. The summed E-state index contributed by atoms with van der Waals surface area (Å²) in [6, 6.07) is 11.6. The molecule has 0 fully saturated rings. The molecule has 0 radical (unpaired) electrons. The lowest BCUT2D eigenvalue weighted by Crippen LogP contribution is -2.04. The number of esters is 1. The molecular weight excluding hydrogens is 278 g/mol. The van der Waals surface area contributed by atoms with Crippen LogP contribution in [0, 0.1) is 6.92 Å².